The third-order valence-corrected chi connectivity index (χ3v) is 3.79. The SMILES string of the molecule is CC1OCCC1NCCOC1CCCCC1. The molecule has 0 amide bonds. The summed E-state index contributed by atoms with van der Waals surface area (Å²) in [7, 11) is 0. The molecule has 0 radical (unpaired) electrons. The Bertz CT molecular complexity index is 192. The van der Waals surface area contributed by atoms with Crippen molar-refractivity contribution in [3.63, 3.8) is 0 Å². The van der Waals surface area contributed by atoms with Gasteiger partial charge in [0.05, 0.1) is 18.8 Å². The first-order valence-corrected chi connectivity index (χ1v) is 6.83. The molecule has 1 aliphatic carbocycles. The van der Waals surface area contributed by atoms with Gasteiger partial charge in [-0.1, -0.05) is 19.3 Å². The Kier molecular flexibility index (Phi) is 5.07. The zero-order valence-corrected chi connectivity index (χ0v) is 10.4. The van der Waals surface area contributed by atoms with E-state index in [1.54, 1.807) is 0 Å². The molecule has 1 saturated heterocycles. The topological polar surface area (TPSA) is 30.5 Å². The second-order valence-corrected chi connectivity index (χ2v) is 5.06. The number of hydrogen-bond acceptors (Lipinski definition) is 3. The lowest BCUT2D eigenvalue weighted by Crippen LogP contribution is -2.37. The molecule has 0 aromatic carbocycles. The molecule has 0 bridgehead atoms. The lowest BCUT2D eigenvalue weighted by atomic mass is 9.98. The summed E-state index contributed by atoms with van der Waals surface area (Å²) in [5.74, 6) is 0. The average molecular weight is 227 g/mol. The van der Waals surface area contributed by atoms with E-state index in [1.807, 2.05) is 0 Å². The predicted molar refractivity (Wildman–Crippen MR) is 64.6 cm³/mol. The summed E-state index contributed by atoms with van der Waals surface area (Å²) in [4.78, 5) is 0. The monoisotopic (exact) mass is 227 g/mol. The molecule has 16 heavy (non-hydrogen) atoms. The molecule has 1 saturated carbocycles. The Labute approximate surface area is 98.9 Å². The van der Waals surface area contributed by atoms with Crippen LogP contribution in [0.1, 0.15) is 45.4 Å². The summed E-state index contributed by atoms with van der Waals surface area (Å²) in [6, 6.07) is 0.537. The number of rotatable bonds is 5. The molecule has 0 aromatic rings. The van der Waals surface area contributed by atoms with Crippen LogP contribution in [-0.4, -0.2) is 38.0 Å². The van der Waals surface area contributed by atoms with E-state index in [4.69, 9.17) is 9.47 Å². The average Bonchev–Trinajstić information content (AvgIpc) is 2.72. The van der Waals surface area contributed by atoms with Crippen molar-refractivity contribution in [1.82, 2.24) is 5.32 Å². The fraction of sp³-hybridized carbons (Fsp3) is 1.00. The lowest BCUT2D eigenvalue weighted by Gasteiger charge is -2.23. The van der Waals surface area contributed by atoms with Crippen LogP contribution in [0, 0.1) is 0 Å². The predicted octanol–water partition coefficient (Wildman–Crippen LogP) is 2.10. The van der Waals surface area contributed by atoms with Crippen molar-refractivity contribution in [3.8, 4) is 0 Å². The van der Waals surface area contributed by atoms with Crippen LogP contribution < -0.4 is 5.32 Å². The fourth-order valence-electron chi connectivity index (χ4n) is 2.70. The highest BCUT2D eigenvalue weighted by Gasteiger charge is 2.23. The van der Waals surface area contributed by atoms with Crippen molar-refractivity contribution in [2.24, 2.45) is 0 Å². The maximum Gasteiger partial charge on any atom is 0.0700 e. The summed E-state index contributed by atoms with van der Waals surface area (Å²) in [6.07, 6.45) is 8.69. The minimum atomic E-state index is 0.370. The van der Waals surface area contributed by atoms with E-state index in [9.17, 15) is 0 Å². The molecule has 2 atom stereocenters. The molecule has 1 aliphatic heterocycles. The second-order valence-electron chi connectivity index (χ2n) is 5.06. The fourth-order valence-corrected chi connectivity index (χ4v) is 2.70. The Hall–Kier alpha value is -0.120. The van der Waals surface area contributed by atoms with Crippen molar-refractivity contribution in [1.29, 1.82) is 0 Å². The van der Waals surface area contributed by atoms with Gasteiger partial charge in [-0.15, -0.1) is 0 Å². The molecule has 2 rings (SSSR count). The van der Waals surface area contributed by atoms with Gasteiger partial charge in [-0.25, -0.2) is 0 Å². The van der Waals surface area contributed by atoms with Crippen LogP contribution in [0.25, 0.3) is 0 Å². The highest BCUT2D eigenvalue weighted by atomic mass is 16.5. The van der Waals surface area contributed by atoms with Gasteiger partial charge in [-0.3, -0.25) is 0 Å². The van der Waals surface area contributed by atoms with Gasteiger partial charge in [-0.2, -0.15) is 0 Å². The quantitative estimate of drug-likeness (QED) is 0.730. The number of hydrogen-bond donors (Lipinski definition) is 1. The number of nitrogens with one attached hydrogen (secondary N) is 1. The van der Waals surface area contributed by atoms with Gasteiger partial charge < -0.3 is 14.8 Å². The highest BCUT2D eigenvalue weighted by molar-refractivity contribution is 4.78. The van der Waals surface area contributed by atoms with E-state index in [1.165, 1.54) is 32.1 Å². The maximum absolute atomic E-state index is 5.87. The molecule has 3 nitrogen and oxygen atoms in total. The molecule has 2 unspecified atom stereocenters. The van der Waals surface area contributed by atoms with Crippen LogP contribution in [0.15, 0.2) is 0 Å². The van der Waals surface area contributed by atoms with E-state index in [-0.39, 0.29) is 0 Å². The van der Waals surface area contributed by atoms with E-state index < -0.39 is 0 Å². The zero-order chi connectivity index (χ0) is 11.2. The maximum atomic E-state index is 5.87. The largest absolute Gasteiger partial charge is 0.377 e. The molecule has 0 spiro atoms. The Balaban J connectivity index is 1.51. The molecule has 0 aromatic heterocycles. The molecule has 94 valence electrons. The van der Waals surface area contributed by atoms with Crippen LogP contribution in [0.3, 0.4) is 0 Å². The number of ether oxygens (including phenoxy) is 2. The molecule has 3 heteroatoms. The molecule has 2 fully saturated rings. The summed E-state index contributed by atoms with van der Waals surface area (Å²) in [5, 5.41) is 3.52. The van der Waals surface area contributed by atoms with E-state index in [0.29, 0.717) is 18.2 Å². The Morgan fingerprint density at radius 3 is 2.69 bits per heavy atom. The first-order chi connectivity index (χ1) is 7.86. The van der Waals surface area contributed by atoms with E-state index in [2.05, 4.69) is 12.2 Å². The molecule has 2 aliphatic rings. The van der Waals surface area contributed by atoms with Gasteiger partial charge in [0.2, 0.25) is 0 Å². The standard InChI is InChI=1S/C13H25NO2/c1-11-13(7-9-15-11)14-8-10-16-12-5-3-2-4-6-12/h11-14H,2-10H2,1H3. The van der Waals surface area contributed by atoms with Gasteiger partial charge >= 0.3 is 0 Å². The van der Waals surface area contributed by atoms with Crippen LogP contribution in [0.2, 0.25) is 0 Å². The van der Waals surface area contributed by atoms with Crippen molar-refractivity contribution < 1.29 is 9.47 Å². The minimum Gasteiger partial charge on any atom is -0.377 e. The van der Waals surface area contributed by atoms with Gasteiger partial charge in [0.25, 0.3) is 0 Å². The summed E-state index contributed by atoms with van der Waals surface area (Å²) < 4.78 is 11.4. The molecular weight excluding hydrogens is 202 g/mol. The Morgan fingerprint density at radius 1 is 1.19 bits per heavy atom. The van der Waals surface area contributed by atoms with Crippen molar-refractivity contribution in [3.05, 3.63) is 0 Å². The van der Waals surface area contributed by atoms with Crippen LogP contribution in [0.4, 0.5) is 0 Å². The second kappa shape index (κ2) is 6.58. The van der Waals surface area contributed by atoms with E-state index >= 15 is 0 Å². The summed E-state index contributed by atoms with van der Waals surface area (Å²) in [6.45, 7) is 4.87. The van der Waals surface area contributed by atoms with Crippen LogP contribution >= 0.6 is 0 Å². The van der Waals surface area contributed by atoms with Crippen LogP contribution in [0.5, 0.6) is 0 Å². The normalized spacial score (nSPS) is 32.1. The molecular formula is C13H25NO2. The minimum absolute atomic E-state index is 0.370. The van der Waals surface area contributed by atoms with E-state index in [0.717, 1.165) is 26.2 Å². The third kappa shape index (κ3) is 3.72. The van der Waals surface area contributed by atoms with Crippen LogP contribution in [-0.2, 0) is 9.47 Å². The van der Waals surface area contributed by atoms with Crippen molar-refractivity contribution in [2.45, 2.75) is 63.7 Å². The lowest BCUT2D eigenvalue weighted by molar-refractivity contribution is 0.0281. The highest BCUT2D eigenvalue weighted by Crippen LogP contribution is 2.20. The van der Waals surface area contributed by atoms with Gasteiger partial charge in [0, 0.05) is 19.2 Å². The smallest absolute Gasteiger partial charge is 0.0700 e. The first-order valence-electron chi connectivity index (χ1n) is 6.83. The van der Waals surface area contributed by atoms with Gasteiger partial charge in [0.15, 0.2) is 0 Å². The molecule has 1 heterocycles. The Morgan fingerprint density at radius 2 is 2.00 bits per heavy atom. The first kappa shape index (κ1) is 12.3. The third-order valence-electron chi connectivity index (χ3n) is 3.79. The van der Waals surface area contributed by atoms with Crippen molar-refractivity contribution >= 4 is 0 Å². The summed E-state index contributed by atoms with van der Waals surface area (Å²) in [5.41, 5.74) is 0. The van der Waals surface area contributed by atoms with Crippen molar-refractivity contribution in [2.75, 3.05) is 19.8 Å². The van der Waals surface area contributed by atoms with Gasteiger partial charge in [-0.05, 0) is 26.2 Å². The van der Waals surface area contributed by atoms with Gasteiger partial charge in [0.1, 0.15) is 0 Å². The zero-order valence-electron chi connectivity index (χ0n) is 10.4. The summed E-state index contributed by atoms with van der Waals surface area (Å²) >= 11 is 0. The molecule has 1 N–H and O–H groups in total.